The maximum atomic E-state index is 12.6. The quantitative estimate of drug-likeness (QED) is 0.826. The molecular formula is C16H23N3O4S. The Bertz CT molecular complexity index is 789. The standard InChI is InChI=1S/C16H23N3O4S/c1-5-19(6-2)24(21,22)13-10-14(18(4)11-13)16(20)17-12(3)15-8-7-9-23-15/h7-12H,5-6H2,1-4H3,(H,17,20). The van der Waals surface area contributed by atoms with Crippen molar-refractivity contribution in [1.82, 2.24) is 14.2 Å². The van der Waals surface area contributed by atoms with Crippen molar-refractivity contribution in [2.45, 2.75) is 31.7 Å². The molecule has 2 aromatic rings. The lowest BCUT2D eigenvalue weighted by Gasteiger charge is -2.17. The molecule has 0 saturated heterocycles. The third-order valence-electron chi connectivity index (χ3n) is 3.87. The third-order valence-corrected chi connectivity index (χ3v) is 5.89. The van der Waals surface area contributed by atoms with Crippen molar-refractivity contribution in [1.29, 1.82) is 0 Å². The number of amides is 1. The molecule has 1 atom stereocenters. The Hall–Kier alpha value is -2.06. The zero-order chi connectivity index (χ0) is 17.9. The molecule has 1 unspecified atom stereocenters. The van der Waals surface area contributed by atoms with Crippen molar-refractivity contribution in [2.24, 2.45) is 7.05 Å². The lowest BCUT2D eigenvalue weighted by molar-refractivity contribution is 0.0927. The number of aromatic nitrogens is 1. The van der Waals surface area contributed by atoms with Crippen molar-refractivity contribution in [3.8, 4) is 0 Å². The SMILES string of the molecule is CCN(CC)S(=O)(=O)c1cc(C(=O)NC(C)c2ccco2)n(C)c1. The number of aryl methyl sites for hydroxylation is 1. The van der Waals surface area contributed by atoms with Gasteiger partial charge in [0.25, 0.3) is 5.91 Å². The van der Waals surface area contributed by atoms with Gasteiger partial charge in [0.15, 0.2) is 0 Å². The maximum absolute atomic E-state index is 12.6. The van der Waals surface area contributed by atoms with E-state index in [9.17, 15) is 13.2 Å². The number of carbonyl (C=O) groups excluding carboxylic acids is 1. The topological polar surface area (TPSA) is 84.6 Å². The fraction of sp³-hybridized carbons (Fsp3) is 0.438. The van der Waals surface area contributed by atoms with Crippen LogP contribution >= 0.6 is 0 Å². The molecule has 0 aliphatic carbocycles. The molecule has 0 aliphatic heterocycles. The van der Waals surface area contributed by atoms with Gasteiger partial charge in [-0.3, -0.25) is 4.79 Å². The minimum absolute atomic E-state index is 0.115. The number of rotatable bonds is 7. The van der Waals surface area contributed by atoms with E-state index in [1.54, 1.807) is 40.0 Å². The monoisotopic (exact) mass is 353 g/mol. The van der Waals surface area contributed by atoms with Crippen LogP contribution in [0.15, 0.2) is 40.0 Å². The highest BCUT2D eigenvalue weighted by atomic mass is 32.2. The molecule has 1 amide bonds. The molecule has 0 saturated carbocycles. The Morgan fingerprint density at radius 1 is 1.38 bits per heavy atom. The average molecular weight is 353 g/mol. The zero-order valence-corrected chi connectivity index (χ0v) is 15.1. The van der Waals surface area contributed by atoms with Crippen LogP contribution in [-0.4, -0.2) is 36.3 Å². The van der Waals surface area contributed by atoms with Crippen LogP contribution in [0.2, 0.25) is 0 Å². The van der Waals surface area contributed by atoms with Crippen LogP contribution < -0.4 is 5.32 Å². The summed E-state index contributed by atoms with van der Waals surface area (Å²) in [5, 5.41) is 2.80. The highest BCUT2D eigenvalue weighted by molar-refractivity contribution is 7.89. The summed E-state index contributed by atoms with van der Waals surface area (Å²) < 4.78 is 33.2. The van der Waals surface area contributed by atoms with E-state index in [4.69, 9.17) is 4.42 Å². The predicted octanol–water partition coefficient (Wildman–Crippen LogP) is 2.14. The van der Waals surface area contributed by atoms with E-state index in [0.29, 0.717) is 18.8 Å². The smallest absolute Gasteiger partial charge is 0.268 e. The lowest BCUT2D eigenvalue weighted by Crippen LogP contribution is -2.30. The zero-order valence-electron chi connectivity index (χ0n) is 14.3. The van der Waals surface area contributed by atoms with Crippen LogP contribution in [0.4, 0.5) is 0 Å². The molecular weight excluding hydrogens is 330 g/mol. The van der Waals surface area contributed by atoms with Gasteiger partial charge in [-0.1, -0.05) is 13.8 Å². The van der Waals surface area contributed by atoms with E-state index in [-0.39, 0.29) is 22.5 Å². The molecule has 2 rings (SSSR count). The molecule has 1 N–H and O–H groups in total. The van der Waals surface area contributed by atoms with Crippen molar-refractivity contribution in [2.75, 3.05) is 13.1 Å². The summed E-state index contributed by atoms with van der Waals surface area (Å²) in [4.78, 5) is 12.6. The van der Waals surface area contributed by atoms with Gasteiger partial charge in [-0.2, -0.15) is 4.31 Å². The van der Waals surface area contributed by atoms with E-state index >= 15 is 0 Å². The molecule has 0 radical (unpaired) electrons. The summed E-state index contributed by atoms with van der Waals surface area (Å²) in [6, 6.07) is 4.60. The van der Waals surface area contributed by atoms with Crippen molar-refractivity contribution in [3.05, 3.63) is 42.1 Å². The number of hydrogen-bond donors (Lipinski definition) is 1. The third kappa shape index (κ3) is 3.54. The van der Waals surface area contributed by atoms with E-state index in [1.165, 1.54) is 27.4 Å². The van der Waals surface area contributed by atoms with Gasteiger partial charge in [-0.25, -0.2) is 8.42 Å². The number of furan rings is 1. The summed E-state index contributed by atoms with van der Waals surface area (Å²) in [6.45, 7) is 6.12. The molecule has 2 aromatic heterocycles. The Kier molecular flexibility index (Phi) is 5.51. The van der Waals surface area contributed by atoms with Gasteiger partial charge in [0, 0.05) is 26.3 Å². The van der Waals surface area contributed by atoms with Crippen molar-refractivity contribution < 1.29 is 17.6 Å². The van der Waals surface area contributed by atoms with Crippen molar-refractivity contribution in [3.63, 3.8) is 0 Å². The number of carbonyl (C=O) groups is 1. The number of nitrogens with one attached hydrogen (secondary N) is 1. The largest absolute Gasteiger partial charge is 0.467 e. The van der Waals surface area contributed by atoms with Crippen LogP contribution in [0, 0.1) is 0 Å². The summed E-state index contributed by atoms with van der Waals surface area (Å²) in [5.74, 6) is 0.274. The molecule has 2 heterocycles. The fourth-order valence-corrected chi connectivity index (χ4v) is 4.02. The molecule has 0 aliphatic rings. The number of hydrogen-bond acceptors (Lipinski definition) is 4. The van der Waals surface area contributed by atoms with E-state index < -0.39 is 10.0 Å². The van der Waals surface area contributed by atoms with E-state index in [2.05, 4.69) is 5.32 Å². The van der Waals surface area contributed by atoms with Crippen LogP contribution in [0.3, 0.4) is 0 Å². The Morgan fingerprint density at radius 2 is 2.04 bits per heavy atom. The van der Waals surface area contributed by atoms with Crippen LogP contribution in [0.1, 0.15) is 43.1 Å². The first-order valence-electron chi connectivity index (χ1n) is 7.82. The van der Waals surface area contributed by atoms with Gasteiger partial charge in [0.1, 0.15) is 16.3 Å². The van der Waals surface area contributed by atoms with E-state index in [0.717, 1.165) is 0 Å². The number of sulfonamides is 1. The summed E-state index contributed by atoms with van der Waals surface area (Å²) in [5.41, 5.74) is 0.277. The molecule has 24 heavy (non-hydrogen) atoms. The van der Waals surface area contributed by atoms with Gasteiger partial charge in [-0.15, -0.1) is 0 Å². The average Bonchev–Trinajstić information content (AvgIpc) is 3.17. The first kappa shape index (κ1) is 18.3. The van der Waals surface area contributed by atoms with Crippen LogP contribution in [-0.2, 0) is 17.1 Å². The second-order valence-electron chi connectivity index (χ2n) is 5.47. The second kappa shape index (κ2) is 7.23. The minimum atomic E-state index is -3.59. The first-order chi connectivity index (χ1) is 11.3. The molecule has 0 fully saturated rings. The Balaban J connectivity index is 2.24. The highest BCUT2D eigenvalue weighted by Gasteiger charge is 2.26. The van der Waals surface area contributed by atoms with Gasteiger partial charge < -0.3 is 14.3 Å². The van der Waals surface area contributed by atoms with Gasteiger partial charge >= 0.3 is 0 Å². The number of nitrogens with zero attached hydrogens (tertiary/aromatic N) is 2. The molecule has 132 valence electrons. The first-order valence-corrected chi connectivity index (χ1v) is 9.26. The second-order valence-corrected chi connectivity index (χ2v) is 7.41. The fourth-order valence-electron chi connectivity index (χ4n) is 2.49. The lowest BCUT2D eigenvalue weighted by atomic mass is 10.2. The maximum Gasteiger partial charge on any atom is 0.268 e. The Labute approximate surface area is 142 Å². The summed E-state index contributed by atoms with van der Waals surface area (Å²) in [7, 11) is -1.95. The van der Waals surface area contributed by atoms with Crippen LogP contribution in [0.25, 0.3) is 0 Å². The van der Waals surface area contributed by atoms with E-state index in [1.807, 2.05) is 0 Å². The van der Waals surface area contributed by atoms with Gasteiger partial charge in [0.2, 0.25) is 10.0 Å². The molecule has 0 spiro atoms. The van der Waals surface area contributed by atoms with Gasteiger partial charge in [0.05, 0.1) is 12.3 Å². The van der Waals surface area contributed by atoms with Crippen molar-refractivity contribution >= 4 is 15.9 Å². The van der Waals surface area contributed by atoms with Crippen LogP contribution in [0.5, 0.6) is 0 Å². The summed E-state index contributed by atoms with van der Waals surface area (Å²) >= 11 is 0. The summed E-state index contributed by atoms with van der Waals surface area (Å²) in [6.07, 6.45) is 3.00. The molecule has 7 nitrogen and oxygen atoms in total. The molecule has 0 bridgehead atoms. The molecule has 8 heteroatoms. The Morgan fingerprint density at radius 3 is 2.58 bits per heavy atom. The predicted molar refractivity (Wildman–Crippen MR) is 90.1 cm³/mol. The minimum Gasteiger partial charge on any atom is -0.467 e. The normalized spacial score (nSPS) is 13.2. The van der Waals surface area contributed by atoms with Gasteiger partial charge in [-0.05, 0) is 25.1 Å². The highest BCUT2D eigenvalue weighted by Crippen LogP contribution is 2.19. The molecule has 0 aromatic carbocycles.